The van der Waals surface area contributed by atoms with Crippen molar-refractivity contribution in [3.8, 4) is 5.75 Å². The molecule has 2 N–H and O–H groups in total. The van der Waals surface area contributed by atoms with Crippen LogP contribution in [0.1, 0.15) is 21.5 Å². The third-order valence-corrected chi connectivity index (χ3v) is 5.35. The maximum absolute atomic E-state index is 13.1. The molecule has 12 heteroatoms. The van der Waals surface area contributed by atoms with Crippen LogP contribution in [0.2, 0.25) is 15.1 Å². The predicted octanol–water partition coefficient (Wildman–Crippen LogP) is 6.45. The average molecular weight is 545 g/mol. The molecular weight excluding hydrogens is 530 g/mol. The number of hydrogen-bond acceptors (Lipinski definition) is 4. The summed E-state index contributed by atoms with van der Waals surface area (Å²) in [6.07, 6.45) is -3.57. The number of halogens is 6. The van der Waals surface area contributed by atoms with Gasteiger partial charge in [-0.15, -0.1) is 0 Å². The molecule has 0 fully saturated rings. The number of nitrogens with one attached hydrogen (secondary N) is 2. The van der Waals surface area contributed by atoms with Crippen LogP contribution in [0.3, 0.4) is 0 Å². The number of carbonyl (C=O) groups is 2. The van der Waals surface area contributed by atoms with Gasteiger partial charge in [0.15, 0.2) is 6.61 Å². The summed E-state index contributed by atoms with van der Waals surface area (Å²) in [6.45, 7) is -0.395. The van der Waals surface area contributed by atoms with Crippen LogP contribution in [0.25, 0.3) is 0 Å². The van der Waals surface area contributed by atoms with Gasteiger partial charge in [-0.25, -0.2) is 5.43 Å². The summed E-state index contributed by atoms with van der Waals surface area (Å²) in [4.78, 5) is 24.4. The van der Waals surface area contributed by atoms with Gasteiger partial charge < -0.3 is 10.1 Å². The van der Waals surface area contributed by atoms with Crippen LogP contribution in [0, 0.1) is 0 Å². The lowest BCUT2D eigenvalue weighted by Gasteiger charge is -2.11. The third kappa shape index (κ3) is 7.35. The average Bonchev–Trinajstić information content (AvgIpc) is 2.80. The Morgan fingerprint density at radius 1 is 0.971 bits per heavy atom. The topological polar surface area (TPSA) is 79.8 Å². The van der Waals surface area contributed by atoms with Crippen molar-refractivity contribution >= 4 is 58.5 Å². The Kier molecular flexibility index (Phi) is 8.61. The SMILES string of the molecule is O=C(COc1ccc(Cl)cc1/C=N/NC(=O)c1ccccc1C(F)(F)F)Nc1ccc(Cl)c(Cl)c1. The molecule has 3 aromatic rings. The Morgan fingerprint density at radius 3 is 2.43 bits per heavy atom. The molecule has 0 aliphatic heterocycles. The number of hydrogen-bond donors (Lipinski definition) is 2. The van der Waals surface area contributed by atoms with Gasteiger partial charge in [0.2, 0.25) is 0 Å². The zero-order valence-electron chi connectivity index (χ0n) is 17.5. The maximum Gasteiger partial charge on any atom is 0.417 e. The fourth-order valence-electron chi connectivity index (χ4n) is 2.81. The first-order valence-corrected chi connectivity index (χ1v) is 10.8. The number of alkyl halides is 3. The van der Waals surface area contributed by atoms with E-state index in [0.717, 1.165) is 18.3 Å². The van der Waals surface area contributed by atoms with Gasteiger partial charge in [-0.05, 0) is 48.5 Å². The van der Waals surface area contributed by atoms with Crippen LogP contribution < -0.4 is 15.5 Å². The molecule has 6 nitrogen and oxygen atoms in total. The highest BCUT2D eigenvalue weighted by atomic mass is 35.5. The highest BCUT2D eigenvalue weighted by molar-refractivity contribution is 6.42. The smallest absolute Gasteiger partial charge is 0.417 e. The monoisotopic (exact) mass is 543 g/mol. The van der Waals surface area contributed by atoms with E-state index in [1.54, 1.807) is 6.07 Å². The van der Waals surface area contributed by atoms with Gasteiger partial charge in [-0.2, -0.15) is 18.3 Å². The lowest BCUT2D eigenvalue weighted by molar-refractivity contribution is -0.138. The molecule has 3 aromatic carbocycles. The molecule has 0 heterocycles. The fourth-order valence-corrected chi connectivity index (χ4v) is 3.29. The van der Waals surface area contributed by atoms with Crippen molar-refractivity contribution in [2.45, 2.75) is 6.18 Å². The Bertz CT molecular complexity index is 1280. The summed E-state index contributed by atoms with van der Waals surface area (Å²) in [6, 6.07) is 13.3. The summed E-state index contributed by atoms with van der Waals surface area (Å²) in [5, 5.41) is 7.18. The maximum atomic E-state index is 13.1. The first kappa shape index (κ1) is 26.3. The second kappa shape index (κ2) is 11.4. The van der Waals surface area contributed by atoms with Crippen molar-refractivity contribution in [3.63, 3.8) is 0 Å². The Balaban J connectivity index is 1.67. The lowest BCUT2D eigenvalue weighted by atomic mass is 10.1. The van der Waals surface area contributed by atoms with Crippen molar-refractivity contribution in [2.24, 2.45) is 5.10 Å². The van der Waals surface area contributed by atoms with E-state index in [1.807, 2.05) is 5.43 Å². The Morgan fingerprint density at radius 2 is 1.71 bits per heavy atom. The molecule has 0 bridgehead atoms. The van der Waals surface area contributed by atoms with E-state index in [2.05, 4.69) is 10.4 Å². The molecule has 0 aliphatic rings. The van der Waals surface area contributed by atoms with Gasteiger partial charge in [0.1, 0.15) is 5.75 Å². The van der Waals surface area contributed by atoms with Crippen molar-refractivity contribution in [1.29, 1.82) is 0 Å². The van der Waals surface area contributed by atoms with Crippen LogP contribution in [0.5, 0.6) is 5.75 Å². The highest BCUT2D eigenvalue weighted by Crippen LogP contribution is 2.31. The zero-order chi connectivity index (χ0) is 25.6. The molecule has 0 atom stereocenters. The third-order valence-electron chi connectivity index (χ3n) is 4.38. The number of amides is 2. The molecule has 3 rings (SSSR count). The summed E-state index contributed by atoms with van der Waals surface area (Å²) < 4.78 is 44.9. The van der Waals surface area contributed by atoms with Gasteiger partial charge in [-0.1, -0.05) is 46.9 Å². The predicted molar refractivity (Wildman–Crippen MR) is 129 cm³/mol. The molecule has 0 aliphatic carbocycles. The van der Waals surface area contributed by atoms with E-state index < -0.39 is 35.7 Å². The molecule has 182 valence electrons. The van der Waals surface area contributed by atoms with Gasteiger partial charge >= 0.3 is 6.18 Å². The van der Waals surface area contributed by atoms with E-state index in [4.69, 9.17) is 39.5 Å². The van der Waals surface area contributed by atoms with E-state index >= 15 is 0 Å². The summed E-state index contributed by atoms with van der Waals surface area (Å²) in [5.41, 5.74) is 1.05. The van der Waals surface area contributed by atoms with Crippen LogP contribution in [0.4, 0.5) is 18.9 Å². The summed E-state index contributed by atoms with van der Waals surface area (Å²) in [7, 11) is 0. The van der Waals surface area contributed by atoms with E-state index in [9.17, 15) is 22.8 Å². The lowest BCUT2D eigenvalue weighted by Crippen LogP contribution is -2.22. The van der Waals surface area contributed by atoms with Crippen molar-refractivity contribution in [3.05, 3.63) is 92.4 Å². The molecule has 0 aromatic heterocycles. The second-order valence-corrected chi connectivity index (χ2v) is 8.14. The normalized spacial score (nSPS) is 11.4. The van der Waals surface area contributed by atoms with E-state index in [1.165, 1.54) is 42.5 Å². The Hall–Kier alpha value is -3.27. The molecule has 0 saturated heterocycles. The molecule has 0 radical (unpaired) electrons. The van der Waals surface area contributed by atoms with E-state index in [-0.39, 0.29) is 16.3 Å². The minimum atomic E-state index is -4.70. The van der Waals surface area contributed by atoms with Gasteiger partial charge in [0.25, 0.3) is 11.8 Å². The molecule has 35 heavy (non-hydrogen) atoms. The highest BCUT2D eigenvalue weighted by Gasteiger charge is 2.34. The molecule has 2 amide bonds. The van der Waals surface area contributed by atoms with Crippen molar-refractivity contribution in [1.82, 2.24) is 5.43 Å². The number of rotatable bonds is 7. The standard InChI is InChI=1S/C23H15Cl3F3N3O3/c24-14-5-8-20(35-12-21(33)31-15-6-7-18(25)19(26)10-15)13(9-14)11-30-32-22(34)16-3-1-2-4-17(16)23(27,28)29/h1-11H,12H2,(H,31,33)(H,32,34)/b30-11+. The quantitative estimate of drug-likeness (QED) is 0.265. The van der Waals surface area contributed by atoms with Crippen LogP contribution in [0.15, 0.2) is 65.8 Å². The zero-order valence-corrected chi connectivity index (χ0v) is 19.8. The Labute approximate surface area is 212 Å². The first-order chi connectivity index (χ1) is 16.5. The van der Waals surface area contributed by atoms with Crippen molar-refractivity contribution < 1.29 is 27.5 Å². The second-order valence-electron chi connectivity index (χ2n) is 6.89. The molecular formula is C23H15Cl3F3N3O3. The van der Waals surface area contributed by atoms with Crippen LogP contribution in [-0.2, 0) is 11.0 Å². The van der Waals surface area contributed by atoms with E-state index in [0.29, 0.717) is 15.7 Å². The minimum absolute atomic E-state index is 0.187. The van der Waals surface area contributed by atoms with Gasteiger partial charge in [0, 0.05) is 16.3 Å². The van der Waals surface area contributed by atoms with Gasteiger partial charge in [0.05, 0.1) is 27.4 Å². The molecule has 0 saturated carbocycles. The summed E-state index contributed by atoms with van der Waals surface area (Å²) in [5.74, 6) is -1.37. The van der Waals surface area contributed by atoms with Crippen molar-refractivity contribution in [2.75, 3.05) is 11.9 Å². The molecule has 0 spiro atoms. The van der Waals surface area contributed by atoms with Crippen LogP contribution >= 0.6 is 34.8 Å². The first-order valence-electron chi connectivity index (χ1n) is 9.71. The number of ether oxygens (including phenoxy) is 1. The van der Waals surface area contributed by atoms with Crippen LogP contribution in [-0.4, -0.2) is 24.6 Å². The summed E-state index contributed by atoms with van der Waals surface area (Å²) >= 11 is 17.8. The van der Waals surface area contributed by atoms with Gasteiger partial charge in [-0.3, -0.25) is 9.59 Å². The molecule has 0 unspecified atom stereocenters. The number of hydrazone groups is 1. The minimum Gasteiger partial charge on any atom is -0.483 e. The number of benzene rings is 3. The number of nitrogens with zero attached hydrogens (tertiary/aromatic N) is 1. The largest absolute Gasteiger partial charge is 0.483 e. The number of carbonyl (C=O) groups excluding carboxylic acids is 2. The number of anilines is 1. The fraction of sp³-hybridized carbons (Fsp3) is 0.0870.